The van der Waals surface area contributed by atoms with Crippen molar-refractivity contribution in [3.05, 3.63) is 59.2 Å². The molecule has 0 bridgehead atoms. The van der Waals surface area contributed by atoms with Crippen LogP contribution in [-0.2, 0) is 6.18 Å². The van der Waals surface area contributed by atoms with Gasteiger partial charge in [0.05, 0.1) is 17.3 Å². The summed E-state index contributed by atoms with van der Waals surface area (Å²) in [6.07, 6.45) is -4.37. The highest BCUT2D eigenvalue weighted by atomic mass is 32.2. The van der Waals surface area contributed by atoms with Crippen molar-refractivity contribution in [3.8, 4) is 0 Å². The second kappa shape index (κ2) is 6.55. The van der Waals surface area contributed by atoms with Gasteiger partial charge in [-0.2, -0.15) is 21.9 Å². The smallest absolute Gasteiger partial charge is 0.322 e. The zero-order valence-corrected chi connectivity index (χ0v) is 14.9. The van der Waals surface area contributed by atoms with Crippen LogP contribution >= 0.6 is 23.5 Å². The Bertz CT molecular complexity index is 956. The number of alkyl halides is 3. The van der Waals surface area contributed by atoms with E-state index in [0.29, 0.717) is 23.2 Å². The van der Waals surface area contributed by atoms with Crippen LogP contribution in [-0.4, -0.2) is 31.9 Å². The highest BCUT2D eigenvalue weighted by Gasteiger charge is 2.33. The minimum Gasteiger partial charge on any atom is -0.322 e. The van der Waals surface area contributed by atoms with Gasteiger partial charge < -0.3 is 4.90 Å². The highest BCUT2D eigenvalue weighted by molar-refractivity contribution is 7.99. The lowest BCUT2D eigenvalue weighted by Gasteiger charge is -2.24. The predicted octanol–water partition coefficient (Wildman–Crippen LogP) is 4.60. The number of nitrogens with zero attached hydrogens (tertiary/aromatic N) is 3. The predicted molar refractivity (Wildman–Crippen MR) is 95.1 cm³/mol. The Morgan fingerprint density at radius 1 is 1.08 bits per heavy atom. The molecular weight excluding hydrogens is 383 g/mol. The SMILES string of the molecule is O=C(c1ccc2nsnc2c1)N1CCSC1c1ccc(C(F)(F)F)cc1. The number of hydrogen-bond acceptors (Lipinski definition) is 5. The summed E-state index contributed by atoms with van der Waals surface area (Å²) in [7, 11) is 0. The lowest BCUT2D eigenvalue weighted by molar-refractivity contribution is -0.137. The Labute approximate surface area is 155 Å². The van der Waals surface area contributed by atoms with Gasteiger partial charge >= 0.3 is 6.18 Å². The van der Waals surface area contributed by atoms with E-state index in [1.165, 1.54) is 12.1 Å². The largest absolute Gasteiger partial charge is 0.416 e. The molecule has 9 heteroatoms. The third-order valence-corrected chi connectivity index (χ3v) is 5.99. The number of rotatable bonds is 2. The second-order valence-electron chi connectivity index (χ2n) is 5.81. The first-order chi connectivity index (χ1) is 12.4. The van der Waals surface area contributed by atoms with E-state index in [1.54, 1.807) is 34.9 Å². The quantitative estimate of drug-likeness (QED) is 0.636. The summed E-state index contributed by atoms with van der Waals surface area (Å²) in [5.41, 5.74) is 1.90. The molecule has 26 heavy (non-hydrogen) atoms. The average molecular weight is 395 g/mol. The third-order valence-electron chi connectivity index (χ3n) is 4.18. The first-order valence-electron chi connectivity index (χ1n) is 7.75. The fourth-order valence-corrected chi connectivity index (χ4v) is 4.65. The molecule has 0 spiro atoms. The first-order valence-corrected chi connectivity index (χ1v) is 9.53. The van der Waals surface area contributed by atoms with Crippen molar-refractivity contribution in [1.29, 1.82) is 0 Å². The van der Waals surface area contributed by atoms with Gasteiger partial charge in [-0.05, 0) is 35.9 Å². The summed E-state index contributed by atoms with van der Waals surface area (Å²) in [5, 5.41) is -0.297. The Kier molecular flexibility index (Phi) is 4.36. The molecule has 1 aliphatic rings. The molecule has 1 fully saturated rings. The molecule has 1 aliphatic heterocycles. The van der Waals surface area contributed by atoms with Crippen LogP contribution in [0.4, 0.5) is 13.2 Å². The van der Waals surface area contributed by atoms with E-state index in [0.717, 1.165) is 35.1 Å². The molecule has 2 heterocycles. The van der Waals surface area contributed by atoms with Crippen molar-refractivity contribution < 1.29 is 18.0 Å². The number of carbonyl (C=O) groups is 1. The number of amides is 1. The molecule has 4 rings (SSSR count). The normalized spacial score (nSPS) is 17.8. The fraction of sp³-hybridized carbons (Fsp3) is 0.235. The third kappa shape index (κ3) is 3.16. The van der Waals surface area contributed by atoms with Crippen LogP contribution in [0.25, 0.3) is 11.0 Å². The van der Waals surface area contributed by atoms with Crippen molar-refractivity contribution in [3.63, 3.8) is 0 Å². The summed E-state index contributed by atoms with van der Waals surface area (Å²) in [5.74, 6) is 0.576. The van der Waals surface area contributed by atoms with Crippen LogP contribution in [0.15, 0.2) is 42.5 Å². The van der Waals surface area contributed by atoms with E-state index in [4.69, 9.17) is 0 Å². The Hall–Kier alpha value is -2.13. The van der Waals surface area contributed by atoms with Crippen LogP contribution in [0, 0.1) is 0 Å². The van der Waals surface area contributed by atoms with E-state index < -0.39 is 11.7 Å². The molecule has 1 atom stereocenters. The maximum atomic E-state index is 12.9. The van der Waals surface area contributed by atoms with Crippen molar-refractivity contribution in [2.24, 2.45) is 0 Å². The van der Waals surface area contributed by atoms with E-state index in [2.05, 4.69) is 8.75 Å². The van der Waals surface area contributed by atoms with Gasteiger partial charge in [0.15, 0.2) is 0 Å². The molecule has 0 saturated carbocycles. The summed E-state index contributed by atoms with van der Waals surface area (Å²) in [6, 6.07) is 10.2. The molecular formula is C17H12F3N3OS2. The van der Waals surface area contributed by atoms with E-state index in [9.17, 15) is 18.0 Å². The van der Waals surface area contributed by atoms with Gasteiger partial charge in [-0.1, -0.05) is 12.1 Å². The van der Waals surface area contributed by atoms with Crippen molar-refractivity contribution in [2.45, 2.75) is 11.6 Å². The molecule has 1 unspecified atom stereocenters. The van der Waals surface area contributed by atoms with Gasteiger partial charge in [-0.25, -0.2) is 0 Å². The molecule has 3 aromatic rings. The highest BCUT2D eigenvalue weighted by Crippen LogP contribution is 2.40. The van der Waals surface area contributed by atoms with Gasteiger partial charge in [0.25, 0.3) is 5.91 Å². The molecule has 1 aromatic heterocycles. The van der Waals surface area contributed by atoms with E-state index >= 15 is 0 Å². The number of thioether (sulfide) groups is 1. The number of halogens is 3. The lowest BCUT2D eigenvalue weighted by atomic mass is 10.1. The number of aromatic nitrogens is 2. The number of carbonyl (C=O) groups excluding carboxylic acids is 1. The number of hydrogen-bond donors (Lipinski definition) is 0. The van der Waals surface area contributed by atoms with Gasteiger partial charge in [-0.3, -0.25) is 4.79 Å². The van der Waals surface area contributed by atoms with Gasteiger partial charge in [-0.15, -0.1) is 11.8 Å². The molecule has 0 N–H and O–H groups in total. The van der Waals surface area contributed by atoms with Crippen LogP contribution in [0.2, 0.25) is 0 Å². The maximum absolute atomic E-state index is 12.9. The first kappa shape index (κ1) is 17.3. The van der Waals surface area contributed by atoms with E-state index in [1.807, 2.05) is 0 Å². The Morgan fingerprint density at radius 2 is 1.81 bits per heavy atom. The average Bonchev–Trinajstić information content (AvgIpc) is 3.29. The zero-order chi connectivity index (χ0) is 18.3. The molecule has 134 valence electrons. The van der Waals surface area contributed by atoms with Gasteiger partial charge in [0, 0.05) is 17.9 Å². The molecule has 4 nitrogen and oxygen atoms in total. The van der Waals surface area contributed by atoms with E-state index in [-0.39, 0.29) is 11.3 Å². The van der Waals surface area contributed by atoms with Crippen molar-refractivity contribution in [2.75, 3.05) is 12.3 Å². The Balaban J connectivity index is 1.60. The number of fused-ring (bicyclic) bond motifs is 1. The monoisotopic (exact) mass is 395 g/mol. The minimum absolute atomic E-state index is 0.158. The van der Waals surface area contributed by atoms with Gasteiger partial charge in [0.2, 0.25) is 0 Å². The van der Waals surface area contributed by atoms with Crippen LogP contribution in [0.5, 0.6) is 0 Å². The molecule has 0 aliphatic carbocycles. The van der Waals surface area contributed by atoms with Crippen molar-refractivity contribution >= 4 is 40.4 Å². The molecule has 2 aromatic carbocycles. The topological polar surface area (TPSA) is 46.1 Å². The fourth-order valence-electron chi connectivity index (χ4n) is 2.87. The summed E-state index contributed by atoms with van der Waals surface area (Å²) < 4.78 is 46.5. The maximum Gasteiger partial charge on any atom is 0.416 e. The van der Waals surface area contributed by atoms with Crippen LogP contribution < -0.4 is 0 Å². The summed E-state index contributed by atoms with van der Waals surface area (Å²) >= 11 is 2.63. The summed E-state index contributed by atoms with van der Waals surface area (Å²) in [4.78, 5) is 14.6. The summed E-state index contributed by atoms with van der Waals surface area (Å²) in [6.45, 7) is 0.544. The molecule has 1 amide bonds. The zero-order valence-electron chi connectivity index (χ0n) is 13.2. The molecule has 0 radical (unpaired) electrons. The lowest BCUT2D eigenvalue weighted by Crippen LogP contribution is -2.30. The Morgan fingerprint density at radius 3 is 2.54 bits per heavy atom. The van der Waals surface area contributed by atoms with Crippen molar-refractivity contribution in [1.82, 2.24) is 13.6 Å². The van der Waals surface area contributed by atoms with Crippen LogP contribution in [0.3, 0.4) is 0 Å². The van der Waals surface area contributed by atoms with Crippen LogP contribution in [0.1, 0.15) is 26.9 Å². The standard InChI is InChI=1S/C17H12F3N3OS2/c18-17(19,20)12-4-1-10(2-5-12)16-23(7-8-25-16)15(24)11-3-6-13-14(9-11)22-26-21-13/h1-6,9,16H,7-8H2. The second-order valence-corrected chi connectivity index (χ2v) is 7.53. The number of benzene rings is 2. The molecule has 1 saturated heterocycles. The van der Waals surface area contributed by atoms with Gasteiger partial charge in [0.1, 0.15) is 16.4 Å². The minimum atomic E-state index is -4.37.